The number of Topliss-reactive ketones (excluding diaryl/α,β-unsaturated/α-hetero) is 1. The summed E-state index contributed by atoms with van der Waals surface area (Å²) in [5.74, 6) is -0.539. The van der Waals surface area contributed by atoms with Crippen molar-refractivity contribution < 1.29 is 24.9 Å². The number of carbonyl (C=O) groups is 2. The lowest BCUT2D eigenvalue weighted by Gasteiger charge is -2.59. The third-order valence-corrected chi connectivity index (χ3v) is 8.65. The van der Waals surface area contributed by atoms with Gasteiger partial charge in [0.25, 0.3) is 0 Å². The van der Waals surface area contributed by atoms with Crippen molar-refractivity contribution >= 4 is 11.6 Å². The summed E-state index contributed by atoms with van der Waals surface area (Å²) in [6.45, 7) is 5.23. The van der Waals surface area contributed by atoms with E-state index < -0.39 is 29.5 Å². The molecule has 0 saturated heterocycles. The minimum atomic E-state index is -1.60. The van der Waals surface area contributed by atoms with Crippen LogP contribution in [0.2, 0.25) is 0 Å². The summed E-state index contributed by atoms with van der Waals surface area (Å²) in [6, 6.07) is 0. The molecule has 148 valence electrons. The lowest BCUT2D eigenvalue weighted by molar-refractivity contribution is -0.183. The van der Waals surface area contributed by atoms with Gasteiger partial charge in [-0.25, -0.2) is 0 Å². The fourth-order valence-electron chi connectivity index (χ4n) is 7.37. The first kappa shape index (κ1) is 19.0. The molecule has 3 unspecified atom stereocenters. The molecule has 0 bridgehead atoms. The van der Waals surface area contributed by atoms with E-state index >= 15 is 0 Å². The Balaban J connectivity index is 1.78. The van der Waals surface area contributed by atoms with Gasteiger partial charge in [0, 0.05) is 16.7 Å². The number of ketones is 2. The van der Waals surface area contributed by atoms with E-state index in [1.54, 1.807) is 12.2 Å². The van der Waals surface area contributed by atoms with Crippen molar-refractivity contribution in [2.45, 2.75) is 58.2 Å². The topological polar surface area (TPSA) is 94.8 Å². The lowest BCUT2D eigenvalue weighted by Crippen LogP contribution is -2.62. The molecule has 0 aliphatic heterocycles. The Morgan fingerprint density at radius 2 is 2.04 bits per heavy atom. The smallest absolute Gasteiger partial charge is 0.190 e. The number of aliphatic hydroxyl groups is 3. The Hall–Kier alpha value is -1.30. The molecule has 0 aromatic rings. The zero-order chi connectivity index (χ0) is 19.8. The molecule has 0 amide bonds. The highest BCUT2D eigenvalue weighted by Gasteiger charge is 2.70. The zero-order valence-electron chi connectivity index (χ0n) is 16.3. The quantitative estimate of drug-likeness (QED) is 0.685. The van der Waals surface area contributed by atoms with Crippen molar-refractivity contribution in [3.8, 4) is 0 Å². The molecule has 4 rings (SSSR count). The van der Waals surface area contributed by atoms with Crippen LogP contribution in [0.1, 0.15) is 46.5 Å². The van der Waals surface area contributed by atoms with Gasteiger partial charge in [0.2, 0.25) is 0 Å². The van der Waals surface area contributed by atoms with Gasteiger partial charge in [-0.2, -0.15) is 0 Å². The van der Waals surface area contributed by atoms with Gasteiger partial charge < -0.3 is 15.3 Å². The van der Waals surface area contributed by atoms with Crippen LogP contribution in [-0.4, -0.2) is 45.2 Å². The summed E-state index contributed by atoms with van der Waals surface area (Å²) in [7, 11) is 0. The van der Waals surface area contributed by atoms with Crippen LogP contribution in [-0.2, 0) is 9.59 Å². The summed E-state index contributed by atoms with van der Waals surface area (Å²) >= 11 is 0. The molecule has 4 aliphatic rings. The molecule has 3 N–H and O–H groups in total. The van der Waals surface area contributed by atoms with Crippen LogP contribution in [0.15, 0.2) is 23.8 Å². The maximum absolute atomic E-state index is 12.6. The van der Waals surface area contributed by atoms with Crippen LogP contribution >= 0.6 is 0 Å². The fraction of sp³-hybridized carbons (Fsp3) is 0.727. The summed E-state index contributed by atoms with van der Waals surface area (Å²) in [5, 5.41) is 32.1. The molecule has 3 saturated carbocycles. The SMILES string of the molecule is C[C@H]1CC2C3CCC4=CC(=O)C=C[C@]4(C)C3[C@@H](O)C[C@]2(C)[C@@]1(O)C(=O)CO. The summed E-state index contributed by atoms with van der Waals surface area (Å²) < 4.78 is 0. The van der Waals surface area contributed by atoms with Crippen LogP contribution in [0, 0.1) is 34.5 Å². The minimum Gasteiger partial charge on any atom is -0.393 e. The van der Waals surface area contributed by atoms with Crippen molar-refractivity contribution in [3.63, 3.8) is 0 Å². The second-order valence-electron chi connectivity index (χ2n) is 9.70. The summed E-state index contributed by atoms with van der Waals surface area (Å²) in [5.41, 5.74) is -1.62. The number of rotatable bonds is 2. The van der Waals surface area contributed by atoms with Crippen LogP contribution < -0.4 is 0 Å². The number of allylic oxidation sites excluding steroid dienone is 4. The lowest BCUT2D eigenvalue weighted by atomic mass is 9.46. The van der Waals surface area contributed by atoms with Gasteiger partial charge in [-0.1, -0.05) is 32.4 Å². The predicted octanol–water partition coefficient (Wildman–Crippen LogP) is 1.80. The average Bonchev–Trinajstić information content (AvgIpc) is 2.82. The highest BCUT2D eigenvalue weighted by molar-refractivity contribution is 6.01. The molecule has 8 atom stereocenters. The first-order valence-corrected chi connectivity index (χ1v) is 10.1. The van der Waals surface area contributed by atoms with Crippen LogP contribution in [0.4, 0.5) is 0 Å². The van der Waals surface area contributed by atoms with E-state index in [1.165, 1.54) is 0 Å². The molecule has 0 aromatic heterocycles. The first-order chi connectivity index (χ1) is 12.6. The third-order valence-electron chi connectivity index (χ3n) is 8.65. The van der Waals surface area contributed by atoms with Crippen LogP contribution in [0.5, 0.6) is 0 Å². The Labute approximate surface area is 160 Å². The van der Waals surface area contributed by atoms with Crippen molar-refractivity contribution in [1.82, 2.24) is 0 Å². The molecule has 27 heavy (non-hydrogen) atoms. The van der Waals surface area contributed by atoms with Gasteiger partial charge in [0.15, 0.2) is 11.6 Å². The van der Waals surface area contributed by atoms with Gasteiger partial charge in [-0.3, -0.25) is 9.59 Å². The van der Waals surface area contributed by atoms with Crippen molar-refractivity contribution in [2.24, 2.45) is 34.5 Å². The maximum atomic E-state index is 12.6. The Bertz CT molecular complexity index is 754. The number of hydrogen-bond donors (Lipinski definition) is 3. The molecule has 3 fully saturated rings. The molecule has 0 radical (unpaired) electrons. The van der Waals surface area contributed by atoms with E-state index in [0.29, 0.717) is 12.8 Å². The van der Waals surface area contributed by atoms with E-state index in [4.69, 9.17) is 0 Å². The third kappa shape index (κ3) is 2.22. The minimum absolute atomic E-state index is 0.00784. The molecule has 5 heteroatoms. The summed E-state index contributed by atoms with van der Waals surface area (Å²) in [4.78, 5) is 24.4. The number of aliphatic hydroxyl groups excluding tert-OH is 2. The molecular formula is C22H30O5. The van der Waals surface area contributed by atoms with E-state index in [0.717, 1.165) is 18.4 Å². The second-order valence-corrected chi connectivity index (χ2v) is 9.70. The number of carbonyl (C=O) groups excluding carboxylic acids is 2. The van der Waals surface area contributed by atoms with Crippen LogP contribution in [0.3, 0.4) is 0 Å². The molecule has 5 nitrogen and oxygen atoms in total. The molecule has 0 aromatic carbocycles. The van der Waals surface area contributed by atoms with Crippen molar-refractivity contribution in [1.29, 1.82) is 0 Å². The maximum Gasteiger partial charge on any atom is 0.190 e. The van der Waals surface area contributed by atoms with E-state index in [-0.39, 0.29) is 34.9 Å². The highest BCUT2D eigenvalue weighted by Crippen LogP contribution is 2.68. The first-order valence-electron chi connectivity index (χ1n) is 10.1. The van der Waals surface area contributed by atoms with Gasteiger partial charge in [-0.05, 0) is 55.6 Å². The second kappa shape index (κ2) is 5.85. The van der Waals surface area contributed by atoms with E-state index in [2.05, 4.69) is 6.92 Å². The Morgan fingerprint density at radius 1 is 1.33 bits per heavy atom. The molecule has 0 heterocycles. The monoisotopic (exact) mass is 374 g/mol. The number of fused-ring (bicyclic) bond motifs is 5. The van der Waals surface area contributed by atoms with E-state index in [1.807, 2.05) is 19.9 Å². The zero-order valence-corrected chi connectivity index (χ0v) is 16.3. The van der Waals surface area contributed by atoms with Crippen molar-refractivity contribution in [3.05, 3.63) is 23.8 Å². The Morgan fingerprint density at radius 3 is 2.70 bits per heavy atom. The van der Waals surface area contributed by atoms with Gasteiger partial charge >= 0.3 is 0 Å². The normalized spacial score (nSPS) is 51.3. The van der Waals surface area contributed by atoms with Gasteiger partial charge in [-0.15, -0.1) is 0 Å². The molecule has 4 aliphatic carbocycles. The van der Waals surface area contributed by atoms with E-state index in [9.17, 15) is 24.9 Å². The summed E-state index contributed by atoms with van der Waals surface area (Å²) in [6.07, 6.45) is 7.30. The van der Waals surface area contributed by atoms with Gasteiger partial charge in [0.05, 0.1) is 6.10 Å². The Kier molecular flexibility index (Phi) is 4.12. The average molecular weight is 374 g/mol. The van der Waals surface area contributed by atoms with Crippen LogP contribution in [0.25, 0.3) is 0 Å². The number of hydrogen-bond acceptors (Lipinski definition) is 5. The molecular weight excluding hydrogens is 344 g/mol. The fourth-order valence-corrected chi connectivity index (χ4v) is 7.37. The standard InChI is InChI=1S/C22H30O5/c1-12-8-16-15-5-4-13-9-14(24)6-7-20(13,2)19(15)17(25)10-21(16,3)22(12,27)18(26)11-23/h6-7,9,12,15-17,19,23,25,27H,4-5,8,10-11H2,1-3H3/t12-,15?,16?,17-,19?,20-,21-,22-/m0/s1. The largest absolute Gasteiger partial charge is 0.393 e. The molecule has 0 spiro atoms. The van der Waals surface area contributed by atoms with Gasteiger partial charge in [0.1, 0.15) is 12.2 Å². The highest BCUT2D eigenvalue weighted by atomic mass is 16.3. The predicted molar refractivity (Wildman–Crippen MR) is 99.6 cm³/mol. The van der Waals surface area contributed by atoms with Crippen molar-refractivity contribution in [2.75, 3.05) is 6.61 Å².